The van der Waals surface area contributed by atoms with Crippen molar-refractivity contribution in [1.82, 2.24) is 0 Å². The van der Waals surface area contributed by atoms with Gasteiger partial charge < -0.3 is 19.9 Å². The zero-order chi connectivity index (χ0) is 19.8. The SMILES string of the molecule is CCN(C(=O)[C@@H](C)[NH+](C)CC(=O)Nc1cccc(OC)c1)c1ccccc1. The van der Waals surface area contributed by atoms with Crippen LogP contribution in [0.4, 0.5) is 11.4 Å². The van der Waals surface area contributed by atoms with Crippen LogP contribution in [0.5, 0.6) is 5.75 Å². The fourth-order valence-electron chi connectivity index (χ4n) is 2.83. The van der Waals surface area contributed by atoms with Crippen LogP contribution in [0.1, 0.15) is 13.8 Å². The van der Waals surface area contributed by atoms with Crippen molar-refractivity contribution < 1.29 is 19.2 Å². The van der Waals surface area contributed by atoms with Crippen LogP contribution >= 0.6 is 0 Å². The molecule has 0 saturated heterocycles. The minimum Gasteiger partial charge on any atom is -0.497 e. The first kappa shape index (κ1) is 20.5. The molecular weight excluding hydrogens is 342 g/mol. The molecule has 0 radical (unpaired) electrons. The largest absolute Gasteiger partial charge is 0.497 e. The number of nitrogens with one attached hydrogen (secondary N) is 2. The number of ether oxygens (including phenoxy) is 1. The second-order valence-electron chi connectivity index (χ2n) is 6.44. The van der Waals surface area contributed by atoms with E-state index in [4.69, 9.17) is 4.74 Å². The van der Waals surface area contributed by atoms with E-state index in [9.17, 15) is 9.59 Å². The molecule has 0 aliphatic carbocycles. The van der Waals surface area contributed by atoms with Crippen LogP contribution in [-0.2, 0) is 9.59 Å². The van der Waals surface area contributed by atoms with Gasteiger partial charge in [-0.25, -0.2) is 0 Å². The van der Waals surface area contributed by atoms with Gasteiger partial charge in [0.05, 0.1) is 14.2 Å². The molecule has 2 aromatic rings. The number of hydrogen-bond acceptors (Lipinski definition) is 3. The van der Waals surface area contributed by atoms with Crippen molar-refractivity contribution in [3.8, 4) is 5.75 Å². The minimum absolute atomic E-state index is 0.00428. The number of benzene rings is 2. The highest BCUT2D eigenvalue weighted by atomic mass is 16.5. The molecule has 0 saturated carbocycles. The second-order valence-corrected chi connectivity index (χ2v) is 6.44. The Kier molecular flexibility index (Phi) is 7.37. The first-order valence-electron chi connectivity index (χ1n) is 9.09. The Balaban J connectivity index is 1.98. The van der Waals surface area contributed by atoms with Gasteiger partial charge in [0.15, 0.2) is 12.6 Å². The Labute approximate surface area is 160 Å². The molecule has 1 unspecified atom stereocenters. The summed E-state index contributed by atoms with van der Waals surface area (Å²) in [6.45, 7) is 4.57. The van der Waals surface area contributed by atoms with Gasteiger partial charge in [-0.3, -0.25) is 9.59 Å². The molecule has 2 atom stereocenters. The third kappa shape index (κ3) is 5.56. The van der Waals surface area contributed by atoms with Gasteiger partial charge in [-0.15, -0.1) is 0 Å². The molecule has 0 aliphatic rings. The maximum Gasteiger partial charge on any atom is 0.284 e. The average Bonchev–Trinajstić information content (AvgIpc) is 2.68. The first-order chi connectivity index (χ1) is 13.0. The Morgan fingerprint density at radius 1 is 1.15 bits per heavy atom. The van der Waals surface area contributed by atoms with Crippen LogP contribution in [0.3, 0.4) is 0 Å². The zero-order valence-electron chi connectivity index (χ0n) is 16.4. The van der Waals surface area contributed by atoms with Crippen molar-refractivity contribution in [2.24, 2.45) is 0 Å². The molecule has 0 fully saturated rings. The monoisotopic (exact) mass is 370 g/mol. The number of carbonyl (C=O) groups is 2. The van der Waals surface area contributed by atoms with Gasteiger partial charge >= 0.3 is 0 Å². The van der Waals surface area contributed by atoms with E-state index >= 15 is 0 Å². The van der Waals surface area contributed by atoms with Crippen molar-refractivity contribution in [3.05, 3.63) is 54.6 Å². The average molecular weight is 370 g/mol. The molecule has 2 aromatic carbocycles. The summed E-state index contributed by atoms with van der Waals surface area (Å²) >= 11 is 0. The van der Waals surface area contributed by atoms with E-state index in [1.807, 2.05) is 63.4 Å². The summed E-state index contributed by atoms with van der Waals surface area (Å²) in [5, 5.41) is 2.85. The van der Waals surface area contributed by atoms with Crippen LogP contribution in [0.2, 0.25) is 0 Å². The molecule has 27 heavy (non-hydrogen) atoms. The lowest BCUT2D eigenvalue weighted by Crippen LogP contribution is -3.15. The fourth-order valence-corrected chi connectivity index (χ4v) is 2.83. The molecule has 0 heterocycles. The fraction of sp³-hybridized carbons (Fsp3) is 0.333. The van der Waals surface area contributed by atoms with E-state index in [2.05, 4.69) is 5.32 Å². The molecule has 2 N–H and O–H groups in total. The van der Waals surface area contributed by atoms with E-state index in [-0.39, 0.29) is 24.4 Å². The molecular formula is C21H28N3O3+. The molecule has 0 spiro atoms. The number of amides is 2. The lowest BCUT2D eigenvalue weighted by Gasteiger charge is -2.27. The summed E-state index contributed by atoms with van der Waals surface area (Å²) < 4.78 is 5.16. The van der Waals surface area contributed by atoms with Gasteiger partial charge in [0.2, 0.25) is 0 Å². The number of nitrogens with zero attached hydrogens (tertiary/aromatic N) is 1. The number of rotatable bonds is 8. The van der Waals surface area contributed by atoms with Crippen LogP contribution in [-0.4, -0.2) is 45.1 Å². The van der Waals surface area contributed by atoms with Crippen LogP contribution in [0.25, 0.3) is 0 Å². The summed E-state index contributed by atoms with van der Waals surface area (Å²) in [5.41, 5.74) is 1.54. The molecule has 6 heteroatoms. The van der Waals surface area contributed by atoms with Crippen molar-refractivity contribution in [1.29, 1.82) is 0 Å². The standard InChI is InChI=1S/C21H27N3O3/c1-5-24(18-11-7-6-8-12-18)21(26)16(2)23(3)15-20(25)22-17-10-9-13-19(14-17)27-4/h6-14,16H,5,15H2,1-4H3,(H,22,25)/p+1/t16-/m1/s1. The highest BCUT2D eigenvalue weighted by Gasteiger charge is 2.28. The highest BCUT2D eigenvalue weighted by molar-refractivity contribution is 5.96. The van der Waals surface area contributed by atoms with Crippen LogP contribution in [0.15, 0.2) is 54.6 Å². The number of carbonyl (C=O) groups excluding carboxylic acids is 2. The minimum atomic E-state index is -0.346. The third-order valence-corrected chi connectivity index (χ3v) is 4.55. The normalized spacial score (nSPS) is 12.7. The maximum atomic E-state index is 12.9. The second kappa shape index (κ2) is 9.73. The topological polar surface area (TPSA) is 63.1 Å². The van der Waals surface area contributed by atoms with Gasteiger partial charge in [-0.2, -0.15) is 0 Å². The van der Waals surface area contributed by atoms with Crippen molar-refractivity contribution in [2.45, 2.75) is 19.9 Å². The Hall–Kier alpha value is -2.86. The van der Waals surface area contributed by atoms with Gasteiger partial charge in [0, 0.05) is 24.0 Å². The molecule has 0 aliphatic heterocycles. The van der Waals surface area contributed by atoms with E-state index in [0.29, 0.717) is 18.0 Å². The van der Waals surface area contributed by atoms with E-state index in [0.717, 1.165) is 10.6 Å². The number of quaternary nitrogens is 1. The Morgan fingerprint density at radius 2 is 1.85 bits per heavy atom. The number of likely N-dealkylation sites (N-methyl/N-ethyl adjacent to an activating group) is 2. The van der Waals surface area contributed by atoms with Gasteiger partial charge in [-0.05, 0) is 38.1 Å². The summed E-state index contributed by atoms with van der Waals surface area (Å²) in [4.78, 5) is 27.8. The van der Waals surface area contributed by atoms with Crippen molar-refractivity contribution >= 4 is 23.2 Å². The molecule has 0 bridgehead atoms. The lowest BCUT2D eigenvalue weighted by molar-refractivity contribution is -0.885. The van der Waals surface area contributed by atoms with E-state index in [1.165, 1.54) is 0 Å². The van der Waals surface area contributed by atoms with E-state index < -0.39 is 0 Å². The predicted molar refractivity (Wildman–Crippen MR) is 107 cm³/mol. The van der Waals surface area contributed by atoms with Crippen LogP contribution < -0.4 is 19.9 Å². The Bertz CT molecular complexity index is 764. The Morgan fingerprint density at radius 3 is 2.48 bits per heavy atom. The lowest BCUT2D eigenvalue weighted by atomic mass is 10.2. The number of hydrogen-bond donors (Lipinski definition) is 2. The quantitative estimate of drug-likeness (QED) is 0.742. The molecule has 6 nitrogen and oxygen atoms in total. The van der Waals surface area contributed by atoms with Crippen molar-refractivity contribution in [2.75, 3.05) is 37.5 Å². The summed E-state index contributed by atoms with van der Waals surface area (Å²) in [5.74, 6) is 0.525. The summed E-state index contributed by atoms with van der Waals surface area (Å²) in [6, 6.07) is 16.4. The molecule has 144 valence electrons. The molecule has 2 rings (SSSR count). The molecule has 2 amide bonds. The number of para-hydroxylation sites is 1. The number of anilines is 2. The van der Waals surface area contributed by atoms with Gasteiger partial charge in [0.25, 0.3) is 11.8 Å². The third-order valence-electron chi connectivity index (χ3n) is 4.55. The maximum absolute atomic E-state index is 12.9. The summed E-state index contributed by atoms with van der Waals surface area (Å²) in [6.07, 6.45) is 0. The summed E-state index contributed by atoms with van der Waals surface area (Å²) in [7, 11) is 3.44. The zero-order valence-corrected chi connectivity index (χ0v) is 16.4. The number of methoxy groups -OCH3 is 1. The van der Waals surface area contributed by atoms with Crippen molar-refractivity contribution in [3.63, 3.8) is 0 Å². The highest BCUT2D eigenvalue weighted by Crippen LogP contribution is 2.16. The molecule has 0 aromatic heterocycles. The van der Waals surface area contributed by atoms with E-state index in [1.54, 1.807) is 24.1 Å². The van der Waals surface area contributed by atoms with Crippen LogP contribution in [0, 0.1) is 0 Å². The first-order valence-corrected chi connectivity index (χ1v) is 9.09. The van der Waals surface area contributed by atoms with Gasteiger partial charge in [-0.1, -0.05) is 24.3 Å². The smallest absolute Gasteiger partial charge is 0.284 e. The predicted octanol–water partition coefficient (Wildman–Crippen LogP) is 1.59. The van der Waals surface area contributed by atoms with Gasteiger partial charge in [0.1, 0.15) is 5.75 Å².